The van der Waals surface area contributed by atoms with Crippen LogP contribution in [0.4, 0.5) is 0 Å². The first-order chi connectivity index (χ1) is 12.6. The monoisotopic (exact) mass is 364 g/mol. The number of carboxylic acid groups (broad SMARTS) is 2. The lowest BCUT2D eigenvalue weighted by Gasteiger charge is -2.11. The summed E-state index contributed by atoms with van der Waals surface area (Å²) < 4.78 is 11.3. The van der Waals surface area contributed by atoms with Crippen molar-refractivity contribution in [3.05, 3.63) is 36.4 Å². The van der Waals surface area contributed by atoms with Crippen LogP contribution in [0.5, 0.6) is 11.5 Å². The summed E-state index contributed by atoms with van der Waals surface area (Å²) in [5.74, 6) is -0.463. The highest BCUT2D eigenvalue weighted by Crippen LogP contribution is 2.26. The van der Waals surface area contributed by atoms with Gasteiger partial charge in [0.15, 0.2) is 11.5 Å². The Hall–Kier alpha value is -2.50. The molecule has 0 spiro atoms. The predicted octanol–water partition coefficient (Wildman–Crippen LogP) is 4.29. The highest BCUT2D eigenvalue weighted by molar-refractivity contribution is 5.79. The topological polar surface area (TPSA) is 93.1 Å². The number of ether oxygens (including phenoxy) is 2. The van der Waals surface area contributed by atoms with Crippen molar-refractivity contribution in [2.24, 2.45) is 0 Å². The molecular weight excluding hydrogens is 336 g/mol. The normalized spacial score (nSPS) is 10.8. The molecule has 0 aliphatic rings. The quantitative estimate of drug-likeness (QED) is 0.356. The maximum Gasteiger partial charge on any atom is 0.328 e. The lowest BCUT2D eigenvalue weighted by atomic mass is 10.1. The van der Waals surface area contributed by atoms with E-state index in [9.17, 15) is 9.59 Å². The third-order valence-electron chi connectivity index (χ3n) is 3.74. The molecule has 0 saturated heterocycles. The van der Waals surface area contributed by atoms with Crippen molar-refractivity contribution in [2.75, 3.05) is 13.2 Å². The van der Waals surface area contributed by atoms with Crippen LogP contribution in [-0.2, 0) is 9.59 Å². The first kappa shape index (κ1) is 21.5. The number of hydrogen-bond acceptors (Lipinski definition) is 4. The van der Waals surface area contributed by atoms with E-state index >= 15 is 0 Å². The number of rotatable bonds is 15. The largest absolute Gasteiger partial charge is 0.490 e. The van der Waals surface area contributed by atoms with Gasteiger partial charge in [-0.3, -0.25) is 4.79 Å². The minimum absolute atomic E-state index is 0.175. The average Bonchev–Trinajstić information content (AvgIpc) is 2.61. The van der Waals surface area contributed by atoms with E-state index in [1.807, 2.05) is 18.2 Å². The Morgan fingerprint density at radius 1 is 0.846 bits per heavy atom. The summed E-state index contributed by atoms with van der Waals surface area (Å²) in [6.45, 7) is 0.777. The second kappa shape index (κ2) is 13.8. The Morgan fingerprint density at radius 3 is 2.04 bits per heavy atom. The van der Waals surface area contributed by atoms with Gasteiger partial charge in [-0.25, -0.2) is 4.79 Å². The second-order valence-corrected chi connectivity index (χ2v) is 5.97. The summed E-state index contributed by atoms with van der Waals surface area (Å²) >= 11 is 0. The molecule has 0 atom stereocenters. The van der Waals surface area contributed by atoms with Crippen molar-refractivity contribution in [3.63, 3.8) is 0 Å². The first-order valence-electron chi connectivity index (χ1n) is 9.05. The smallest absolute Gasteiger partial charge is 0.328 e. The fourth-order valence-corrected chi connectivity index (χ4v) is 2.42. The van der Waals surface area contributed by atoms with E-state index in [2.05, 4.69) is 0 Å². The Balaban J connectivity index is 2.13. The molecule has 0 unspecified atom stereocenters. The molecular formula is C20H28O6. The minimum Gasteiger partial charge on any atom is -0.490 e. The molecule has 0 aliphatic heterocycles. The van der Waals surface area contributed by atoms with Crippen molar-refractivity contribution in [3.8, 4) is 11.5 Å². The van der Waals surface area contributed by atoms with Gasteiger partial charge in [0.2, 0.25) is 0 Å². The molecule has 6 heteroatoms. The van der Waals surface area contributed by atoms with Gasteiger partial charge in [-0.2, -0.15) is 0 Å². The molecule has 26 heavy (non-hydrogen) atoms. The van der Waals surface area contributed by atoms with E-state index in [0.717, 1.165) is 51.0 Å². The molecule has 1 aromatic carbocycles. The van der Waals surface area contributed by atoms with Crippen molar-refractivity contribution in [1.82, 2.24) is 0 Å². The standard InChI is InChI=1S/C20H28O6/c21-19(22)13-6-4-2-1-3-5-9-15-25-17-11-7-8-12-18(17)26-16-10-14-20(23)24/h7-8,10-12,14H,1-6,9,13,15-16H2,(H,21,22)(H,23,24)/b14-10+. The van der Waals surface area contributed by atoms with Gasteiger partial charge in [-0.1, -0.05) is 44.2 Å². The van der Waals surface area contributed by atoms with Crippen LogP contribution in [-0.4, -0.2) is 35.4 Å². The Morgan fingerprint density at radius 2 is 1.42 bits per heavy atom. The first-order valence-corrected chi connectivity index (χ1v) is 9.05. The van der Waals surface area contributed by atoms with Crippen LogP contribution < -0.4 is 9.47 Å². The highest BCUT2D eigenvalue weighted by Gasteiger charge is 2.03. The fourth-order valence-electron chi connectivity index (χ4n) is 2.42. The second-order valence-electron chi connectivity index (χ2n) is 5.97. The summed E-state index contributed by atoms with van der Waals surface area (Å²) in [6, 6.07) is 7.33. The van der Waals surface area contributed by atoms with Crippen LogP contribution >= 0.6 is 0 Å². The van der Waals surface area contributed by atoms with Gasteiger partial charge in [-0.15, -0.1) is 0 Å². The van der Waals surface area contributed by atoms with Gasteiger partial charge >= 0.3 is 11.9 Å². The Bertz CT molecular complexity index is 567. The Labute approximate surface area is 154 Å². The lowest BCUT2D eigenvalue weighted by Crippen LogP contribution is -2.01. The minimum atomic E-state index is -1.000. The third kappa shape index (κ3) is 11.1. The van der Waals surface area contributed by atoms with Crippen LogP contribution in [0, 0.1) is 0 Å². The van der Waals surface area contributed by atoms with Gasteiger partial charge < -0.3 is 19.7 Å². The van der Waals surface area contributed by atoms with Gasteiger partial charge in [0, 0.05) is 12.5 Å². The van der Waals surface area contributed by atoms with Crippen molar-refractivity contribution in [2.45, 2.75) is 51.4 Å². The van der Waals surface area contributed by atoms with Gasteiger partial charge in [0.1, 0.15) is 6.61 Å². The summed E-state index contributed by atoms with van der Waals surface area (Å²) in [4.78, 5) is 20.8. The van der Waals surface area contributed by atoms with Crippen LogP contribution in [0.2, 0.25) is 0 Å². The van der Waals surface area contributed by atoms with E-state index in [4.69, 9.17) is 19.7 Å². The van der Waals surface area contributed by atoms with Crippen molar-refractivity contribution >= 4 is 11.9 Å². The zero-order chi connectivity index (χ0) is 19.0. The van der Waals surface area contributed by atoms with Crippen molar-refractivity contribution in [1.29, 1.82) is 0 Å². The molecule has 0 fully saturated rings. The molecule has 0 bridgehead atoms. The summed E-state index contributed by atoms with van der Waals surface area (Å²) in [7, 11) is 0. The number of carbonyl (C=O) groups is 2. The average molecular weight is 364 g/mol. The summed E-state index contributed by atoms with van der Waals surface area (Å²) in [5.41, 5.74) is 0. The molecule has 0 aliphatic carbocycles. The lowest BCUT2D eigenvalue weighted by molar-refractivity contribution is -0.137. The zero-order valence-electron chi connectivity index (χ0n) is 15.1. The number of benzene rings is 1. The number of hydrogen-bond donors (Lipinski definition) is 2. The number of aliphatic carboxylic acids is 2. The van der Waals surface area contributed by atoms with E-state index in [1.54, 1.807) is 6.07 Å². The van der Waals surface area contributed by atoms with Crippen LogP contribution in [0.25, 0.3) is 0 Å². The molecule has 0 heterocycles. The molecule has 1 aromatic rings. The van der Waals surface area contributed by atoms with E-state index in [1.165, 1.54) is 6.08 Å². The zero-order valence-corrected chi connectivity index (χ0v) is 15.1. The van der Waals surface area contributed by atoms with Crippen LogP contribution in [0.3, 0.4) is 0 Å². The van der Waals surface area contributed by atoms with E-state index in [0.29, 0.717) is 18.1 Å². The number of para-hydroxylation sites is 2. The summed E-state index contributed by atoms with van der Waals surface area (Å²) in [5, 5.41) is 17.1. The molecule has 0 radical (unpaired) electrons. The highest BCUT2D eigenvalue weighted by atomic mass is 16.5. The van der Waals surface area contributed by atoms with E-state index in [-0.39, 0.29) is 13.0 Å². The molecule has 0 amide bonds. The van der Waals surface area contributed by atoms with Gasteiger partial charge in [-0.05, 0) is 31.1 Å². The predicted molar refractivity (Wildman–Crippen MR) is 98.8 cm³/mol. The third-order valence-corrected chi connectivity index (χ3v) is 3.74. The van der Waals surface area contributed by atoms with E-state index < -0.39 is 11.9 Å². The molecule has 144 valence electrons. The number of unbranched alkanes of at least 4 members (excludes halogenated alkanes) is 6. The maximum atomic E-state index is 10.4. The molecule has 2 N–H and O–H groups in total. The van der Waals surface area contributed by atoms with Crippen LogP contribution in [0.15, 0.2) is 36.4 Å². The van der Waals surface area contributed by atoms with Crippen LogP contribution in [0.1, 0.15) is 51.4 Å². The summed E-state index contributed by atoms with van der Waals surface area (Å²) in [6.07, 6.45) is 9.83. The maximum absolute atomic E-state index is 10.4. The fraction of sp³-hybridized carbons (Fsp3) is 0.500. The Kier molecular flexibility index (Phi) is 11.4. The van der Waals surface area contributed by atoms with Gasteiger partial charge in [0.25, 0.3) is 0 Å². The molecule has 0 aromatic heterocycles. The SMILES string of the molecule is O=C(O)/C=C/COc1ccccc1OCCCCCCCCCC(=O)O. The van der Waals surface area contributed by atoms with Gasteiger partial charge in [0.05, 0.1) is 6.61 Å². The number of carboxylic acids is 2. The molecule has 1 rings (SSSR count). The molecule has 6 nitrogen and oxygen atoms in total. The molecule has 0 saturated carbocycles. The van der Waals surface area contributed by atoms with Crippen molar-refractivity contribution < 1.29 is 29.3 Å².